The number of aliphatic hydroxyl groups is 1. The average molecular weight is 478 g/mol. The molecule has 0 spiro atoms. The van der Waals surface area contributed by atoms with E-state index >= 15 is 0 Å². The van der Waals surface area contributed by atoms with Crippen molar-refractivity contribution in [3.8, 4) is 0 Å². The van der Waals surface area contributed by atoms with Crippen LogP contribution in [0, 0.1) is 23.3 Å². The molecule has 1 aromatic heterocycles. The van der Waals surface area contributed by atoms with Crippen molar-refractivity contribution in [2.45, 2.75) is 38.3 Å². The molecular weight excluding hydrogens is 456 g/mol. The van der Waals surface area contributed by atoms with Crippen molar-refractivity contribution >= 4 is 17.6 Å². The molecule has 11 heteroatoms. The van der Waals surface area contributed by atoms with Gasteiger partial charge in [0.25, 0.3) is 5.91 Å². The van der Waals surface area contributed by atoms with Gasteiger partial charge in [0.15, 0.2) is 23.6 Å². The van der Waals surface area contributed by atoms with Gasteiger partial charge >= 0.3 is 0 Å². The molecule has 2 atom stereocenters. The van der Waals surface area contributed by atoms with Crippen LogP contribution >= 0.6 is 0 Å². The maximum absolute atomic E-state index is 14.3. The summed E-state index contributed by atoms with van der Waals surface area (Å²) < 4.78 is 54.6. The number of aliphatic hydroxyl groups excluding tert-OH is 1. The van der Waals surface area contributed by atoms with Crippen LogP contribution in [0.3, 0.4) is 0 Å². The van der Waals surface area contributed by atoms with E-state index in [0.29, 0.717) is 11.8 Å². The fourth-order valence-electron chi connectivity index (χ4n) is 3.31. The molecule has 7 nitrogen and oxygen atoms in total. The standard InChI is InChI=1S/C23H22F4N4O3/c1-11(28-22(34)20(32)12-7-13(24)9-14(25)8-12)21(33)29-18-10-17(30-31-18)23(2,3)15-5-4-6-16(26)19(15)27/h4-11,20,32H,1-3H3,(H,28,34)(H2,29,30,31,33). The number of rotatable bonds is 7. The van der Waals surface area contributed by atoms with Gasteiger partial charge < -0.3 is 15.7 Å². The zero-order chi connectivity index (χ0) is 25.2. The first kappa shape index (κ1) is 24.9. The number of nitrogens with one attached hydrogen (secondary N) is 3. The number of halogens is 4. The monoisotopic (exact) mass is 478 g/mol. The van der Waals surface area contributed by atoms with Crippen LogP contribution in [0.25, 0.3) is 0 Å². The van der Waals surface area contributed by atoms with Crippen LogP contribution in [0.15, 0.2) is 42.5 Å². The first-order chi connectivity index (χ1) is 15.9. The molecule has 0 aliphatic rings. The van der Waals surface area contributed by atoms with E-state index in [0.717, 1.165) is 18.2 Å². The van der Waals surface area contributed by atoms with Gasteiger partial charge in [0, 0.05) is 28.8 Å². The number of hydrogen-bond acceptors (Lipinski definition) is 4. The molecule has 180 valence electrons. The summed E-state index contributed by atoms with van der Waals surface area (Å²) in [5.41, 5.74) is -0.872. The molecule has 0 aliphatic carbocycles. The Kier molecular flexibility index (Phi) is 7.06. The first-order valence-corrected chi connectivity index (χ1v) is 10.2. The lowest BCUT2D eigenvalue weighted by Gasteiger charge is -2.24. The number of aromatic nitrogens is 2. The topological polar surface area (TPSA) is 107 Å². The molecule has 3 rings (SSSR count). The summed E-state index contributed by atoms with van der Waals surface area (Å²) in [6, 6.07) is 6.28. The molecule has 34 heavy (non-hydrogen) atoms. The van der Waals surface area contributed by atoms with Crippen LogP contribution < -0.4 is 10.6 Å². The minimum atomic E-state index is -1.90. The van der Waals surface area contributed by atoms with Gasteiger partial charge in [-0.05, 0) is 30.7 Å². The summed E-state index contributed by atoms with van der Waals surface area (Å²) in [7, 11) is 0. The number of anilines is 1. The number of amides is 2. The van der Waals surface area contributed by atoms with Crippen molar-refractivity contribution < 1.29 is 32.3 Å². The molecule has 0 aliphatic heterocycles. The summed E-state index contributed by atoms with van der Waals surface area (Å²) >= 11 is 0. The summed E-state index contributed by atoms with van der Waals surface area (Å²) in [6.07, 6.45) is -1.90. The highest BCUT2D eigenvalue weighted by molar-refractivity contribution is 5.97. The first-order valence-electron chi connectivity index (χ1n) is 10.2. The Morgan fingerprint density at radius 2 is 1.68 bits per heavy atom. The fraction of sp³-hybridized carbons (Fsp3) is 0.261. The van der Waals surface area contributed by atoms with E-state index in [1.165, 1.54) is 25.1 Å². The van der Waals surface area contributed by atoms with Crippen molar-refractivity contribution in [3.05, 3.63) is 82.6 Å². The second kappa shape index (κ2) is 9.64. The number of aromatic amines is 1. The van der Waals surface area contributed by atoms with E-state index in [-0.39, 0.29) is 16.9 Å². The Morgan fingerprint density at radius 1 is 1.03 bits per heavy atom. The fourth-order valence-corrected chi connectivity index (χ4v) is 3.31. The zero-order valence-electron chi connectivity index (χ0n) is 18.4. The lowest BCUT2D eigenvalue weighted by Crippen LogP contribution is -2.43. The van der Waals surface area contributed by atoms with Crippen LogP contribution in [-0.2, 0) is 15.0 Å². The predicted octanol–water partition coefficient (Wildman–Crippen LogP) is 3.47. The van der Waals surface area contributed by atoms with E-state index in [9.17, 15) is 32.3 Å². The van der Waals surface area contributed by atoms with E-state index < -0.39 is 52.6 Å². The number of H-pyrrole nitrogens is 1. The average Bonchev–Trinajstić information content (AvgIpc) is 3.23. The van der Waals surface area contributed by atoms with E-state index in [4.69, 9.17) is 0 Å². The molecule has 1 heterocycles. The normalized spacial score (nSPS) is 13.3. The largest absolute Gasteiger partial charge is 0.378 e. The molecule has 2 aromatic carbocycles. The predicted molar refractivity (Wildman–Crippen MR) is 115 cm³/mol. The number of hydrogen-bond donors (Lipinski definition) is 4. The van der Waals surface area contributed by atoms with Crippen molar-refractivity contribution in [3.63, 3.8) is 0 Å². The minimum absolute atomic E-state index is 0.0544. The highest BCUT2D eigenvalue weighted by Crippen LogP contribution is 2.33. The van der Waals surface area contributed by atoms with Crippen molar-refractivity contribution in [1.82, 2.24) is 15.5 Å². The Balaban J connectivity index is 1.67. The molecule has 2 unspecified atom stereocenters. The van der Waals surface area contributed by atoms with Crippen LogP contribution in [0.4, 0.5) is 23.4 Å². The lowest BCUT2D eigenvalue weighted by molar-refractivity contribution is -0.132. The summed E-state index contributed by atoms with van der Waals surface area (Å²) in [5.74, 6) is -5.63. The van der Waals surface area contributed by atoms with Crippen LogP contribution in [-0.4, -0.2) is 33.2 Å². The lowest BCUT2D eigenvalue weighted by atomic mass is 9.81. The number of carbonyl (C=O) groups is 2. The molecule has 0 saturated heterocycles. The number of carbonyl (C=O) groups excluding carboxylic acids is 2. The van der Waals surface area contributed by atoms with Crippen LogP contribution in [0.1, 0.15) is 43.7 Å². The van der Waals surface area contributed by atoms with Crippen LogP contribution in [0.2, 0.25) is 0 Å². The zero-order valence-corrected chi connectivity index (χ0v) is 18.4. The van der Waals surface area contributed by atoms with Gasteiger partial charge in [-0.2, -0.15) is 5.10 Å². The summed E-state index contributed by atoms with van der Waals surface area (Å²) in [4.78, 5) is 24.7. The molecular formula is C23H22F4N4O3. The highest BCUT2D eigenvalue weighted by Gasteiger charge is 2.30. The quantitative estimate of drug-likeness (QED) is 0.390. The molecule has 3 aromatic rings. The van der Waals surface area contributed by atoms with E-state index in [2.05, 4.69) is 20.8 Å². The Morgan fingerprint density at radius 3 is 2.32 bits per heavy atom. The highest BCUT2D eigenvalue weighted by atomic mass is 19.2. The minimum Gasteiger partial charge on any atom is -0.378 e. The van der Waals surface area contributed by atoms with Gasteiger partial charge in [-0.3, -0.25) is 14.7 Å². The van der Waals surface area contributed by atoms with Gasteiger partial charge in [-0.15, -0.1) is 0 Å². The summed E-state index contributed by atoms with van der Waals surface area (Å²) in [5, 5.41) is 21.4. The molecule has 0 bridgehead atoms. The maximum atomic E-state index is 14.3. The maximum Gasteiger partial charge on any atom is 0.254 e. The Hall–Kier alpha value is -3.73. The second-order valence-electron chi connectivity index (χ2n) is 8.22. The van der Waals surface area contributed by atoms with Crippen molar-refractivity contribution in [2.24, 2.45) is 0 Å². The van der Waals surface area contributed by atoms with Gasteiger partial charge in [0.1, 0.15) is 17.7 Å². The third kappa shape index (κ3) is 5.25. The molecule has 2 amide bonds. The van der Waals surface area contributed by atoms with E-state index in [1.807, 2.05) is 0 Å². The van der Waals surface area contributed by atoms with Crippen molar-refractivity contribution in [2.75, 3.05) is 5.32 Å². The number of benzene rings is 2. The molecule has 0 fully saturated rings. The van der Waals surface area contributed by atoms with Gasteiger partial charge in [0.05, 0.1) is 0 Å². The third-order valence-electron chi connectivity index (χ3n) is 5.33. The third-order valence-corrected chi connectivity index (χ3v) is 5.33. The van der Waals surface area contributed by atoms with Crippen LogP contribution in [0.5, 0.6) is 0 Å². The molecule has 0 radical (unpaired) electrons. The number of nitrogens with zero attached hydrogens (tertiary/aromatic N) is 1. The Bertz CT molecular complexity index is 1210. The van der Waals surface area contributed by atoms with Gasteiger partial charge in [0.2, 0.25) is 5.91 Å². The molecule has 4 N–H and O–H groups in total. The Labute approximate surface area is 192 Å². The van der Waals surface area contributed by atoms with Crippen molar-refractivity contribution in [1.29, 1.82) is 0 Å². The smallest absolute Gasteiger partial charge is 0.254 e. The van der Waals surface area contributed by atoms with Gasteiger partial charge in [-0.25, -0.2) is 17.6 Å². The van der Waals surface area contributed by atoms with Gasteiger partial charge in [-0.1, -0.05) is 26.0 Å². The second-order valence-corrected chi connectivity index (χ2v) is 8.22. The molecule has 0 saturated carbocycles. The SMILES string of the molecule is CC(NC(=O)C(O)c1cc(F)cc(F)c1)C(=O)Nc1cc(C(C)(C)c2cccc(F)c2F)[nH]n1. The van der Waals surface area contributed by atoms with E-state index in [1.54, 1.807) is 13.8 Å². The summed E-state index contributed by atoms with van der Waals surface area (Å²) in [6.45, 7) is 4.61.